The van der Waals surface area contributed by atoms with Gasteiger partial charge in [0.2, 0.25) is 0 Å². The fourth-order valence-corrected chi connectivity index (χ4v) is 3.19. The number of aliphatic imine (C=N–C) groups is 1. The summed E-state index contributed by atoms with van der Waals surface area (Å²) in [5.74, 6) is 0.452. The molecule has 132 valence electrons. The van der Waals surface area contributed by atoms with E-state index in [4.69, 9.17) is 16.3 Å². The van der Waals surface area contributed by atoms with Crippen molar-refractivity contribution in [1.82, 2.24) is 5.32 Å². The SMILES string of the molecule is COc1ccc(/C=C2/SC(=Nc3ccc([N+](=O)[O-])cc3Cl)NC2=O)cc1. The van der Waals surface area contributed by atoms with Crippen LogP contribution in [0.25, 0.3) is 6.08 Å². The minimum absolute atomic E-state index is 0.123. The topological polar surface area (TPSA) is 93.8 Å². The lowest BCUT2D eigenvalue weighted by molar-refractivity contribution is -0.384. The van der Waals surface area contributed by atoms with Crippen molar-refractivity contribution in [3.8, 4) is 5.75 Å². The van der Waals surface area contributed by atoms with E-state index in [0.717, 1.165) is 23.1 Å². The molecule has 0 saturated carbocycles. The molecule has 0 bridgehead atoms. The van der Waals surface area contributed by atoms with Gasteiger partial charge >= 0.3 is 0 Å². The van der Waals surface area contributed by atoms with E-state index in [1.165, 1.54) is 18.2 Å². The molecular weight excluding hydrogens is 378 g/mol. The van der Waals surface area contributed by atoms with Crippen LogP contribution >= 0.6 is 23.4 Å². The van der Waals surface area contributed by atoms with Crippen LogP contribution in [0.4, 0.5) is 11.4 Å². The Hall–Kier alpha value is -2.84. The van der Waals surface area contributed by atoms with Crippen molar-refractivity contribution < 1.29 is 14.5 Å². The number of non-ortho nitro benzene ring substituents is 1. The number of nitrogens with one attached hydrogen (secondary N) is 1. The molecule has 0 atom stereocenters. The molecule has 0 spiro atoms. The summed E-state index contributed by atoms with van der Waals surface area (Å²) in [6, 6.07) is 11.2. The van der Waals surface area contributed by atoms with Crippen molar-refractivity contribution in [3.05, 3.63) is 68.1 Å². The number of methoxy groups -OCH3 is 1. The number of nitrogens with zero attached hydrogens (tertiary/aromatic N) is 2. The Morgan fingerprint density at radius 1 is 1.27 bits per heavy atom. The third-order valence-electron chi connectivity index (χ3n) is 3.43. The highest BCUT2D eigenvalue weighted by Gasteiger charge is 2.24. The van der Waals surface area contributed by atoms with Crippen molar-refractivity contribution >= 4 is 51.9 Å². The van der Waals surface area contributed by atoms with Crippen molar-refractivity contribution in [3.63, 3.8) is 0 Å². The number of thioether (sulfide) groups is 1. The predicted molar refractivity (Wildman–Crippen MR) is 102 cm³/mol. The minimum Gasteiger partial charge on any atom is -0.497 e. The van der Waals surface area contributed by atoms with Gasteiger partial charge in [-0.15, -0.1) is 0 Å². The number of hydrogen-bond acceptors (Lipinski definition) is 6. The lowest BCUT2D eigenvalue weighted by Gasteiger charge is -2.00. The van der Waals surface area contributed by atoms with Gasteiger partial charge in [-0.05, 0) is 41.6 Å². The second-order valence-corrected chi connectivity index (χ2v) is 6.59. The van der Waals surface area contributed by atoms with E-state index in [-0.39, 0.29) is 16.6 Å². The summed E-state index contributed by atoms with van der Waals surface area (Å²) in [6.07, 6.45) is 1.74. The number of ether oxygens (including phenoxy) is 1. The lowest BCUT2D eigenvalue weighted by Crippen LogP contribution is -2.19. The van der Waals surface area contributed by atoms with Gasteiger partial charge < -0.3 is 10.1 Å². The van der Waals surface area contributed by atoms with E-state index in [0.29, 0.717) is 15.8 Å². The van der Waals surface area contributed by atoms with Gasteiger partial charge in [0, 0.05) is 12.1 Å². The van der Waals surface area contributed by atoms with E-state index in [2.05, 4.69) is 10.3 Å². The highest BCUT2D eigenvalue weighted by Crippen LogP contribution is 2.33. The summed E-state index contributed by atoms with van der Waals surface area (Å²) in [5, 5.41) is 13.9. The molecule has 2 aromatic carbocycles. The summed E-state index contributed by atoms with van der Waals surface area (Å²) < 4.78 is 5.10. The van der Waals surface area contributed by atoms with E-state index in [9.17, 15) is 14.9 Å². The van der Waals surface area contributed by atoms with Crippen molar-refractivity contribution in [1.29, 1.82) is 0 Å². The number of benzene rings is 2. The molecule has 3 rings (SSSR count). The maximum Gasteiger partial charge on any atom is 0.271 e. The first-order chi connectivity index (χ1) is 12.5. The first-order valence-corrected chi connectivity index (χ1v) is 8.53. The van der Waals surface area contributed by atoms with Gasteiger partial charge in [0.15, 0.2) is 5.17 Å². The quantitative estimate of drug-likeness (QED) is 0.481. The molecule has 7 nitrogen and oxygen atoms in total. The van der Waals surface area contributed by atoms with Gasteiger partial charge in [0.25, 0.3) is 11.6 Å². The van der Waals surface area contributed by atoms with Crippen molar-refractivity contribution in [2.24, 2.45) is 4.99 Å². The summed E-state index contributed by atoms with van der Waals surface area (Å²) in [6.45, 7) is 0. The molecule has 26 heavy (non-hydrogen) atoms. The number of carbonyl (C=O) groups excluding carboxylic acids is 1. The van der Waals surface area contributed by atoms with Crippen LogP contribution in [0.2, 0.25) is 5.02 Å². The number of amides is 1. The summed E-state index contributed by atoms with van der Waals surface area (Å²) in [5.41, 5.74) is 1.06. The van der Waals surface area contributed by atoms with E-state index in [1.807, 2.05) is 12.1 Å². The minimum atomic E-state index is -0.537. The number of amidine groups is 1. The number of nitro groups is 1. The first kappa shape index (κ1) is 18.0. The van der Waals surface area contributed by atoms with E-state index >= 15 is 0 Å². The smallest absolute Gasteiger partial charge is 0.271 e. The van der Waals surface area contributed by atoms with E-state index < -0.39 is 4.92 Å². The van der Waals surface area contributed by atoms with Gasteiger partial charge in [-0.3, -0.25) is 14.9 Å². The number of halogens is 1. The monoisotopic (exact) mass is 389 g/mol. The summed E-state index contributed by atoms with van der Waals surface area (Å²) in [7, 11) is 1.58. The van der Waals surface area contributed by atoms with Crippen LogP contribution in [-0.2, 0) is 4.79 Å². The van der Waals surface area contributed by atoms with Crippen LogP contribution in [0.15, 0.2) is 52.4 Å². The Balaban J connectivity index is 1.81. The lowest BCUT2D eigenvalue weighted by atomic mass is 10.2. The Morgan fingerprint density at radius 3 is 2.62 bits per heavy atom. The average Bonchev–Trinajstić information content (AvgIpc) is 2.96. The third kappa shape index (κ3) is 4.04. The van der Waals surface area contributed by atoms with Crippen LogP contribution in [0, 0.1) is 10.1 Å². The second-order valence-electron chi connectivity index (χ2n) is 5.15. The zero-order valence-corrected chi connectivity index (χ0v) is 15.0. The molecule has 1 N–H and O–H groups in total. The summed E-state index contributed by atoms with van der Waals surface area (Å²) >= 11 is 7.19. The normalized spacial score (nSPS) is 16.8. The molecule has 1 fully saturated rings. The number of rotatable bonds is 4. The molecule has 0 aliphatic carbocycles. The van der Waals surface area contributed by atoms with Crippen molar-refractivity contribution in [2.75, 3.05) is 7.11 Å². The van der Waals surface area contributed by atoms with Crippen LogP contribution in [0.5, 0.6) is 5.75 Å². The van der Waals surface area contributed by atoms with Gasteiger partial charge in [-0.1, -0.05) is 23.7 Å². The van der Waals surface area contributed by atoms with Crippen LogP contribution in [-0.4, -0.2) is 23.1 Å². The molecule has 1 aliphatic rings. The van der Waals surface area contributed by atoms with E-state index in [1.54, 1.807) is 25.3 Å². The molecule has 2 aromatic rings. The molecule has 1 aliphatic heterocycles. The predicted octanol–water partition coefficient (Wildman–Crippen LogP) is 4.15. The summed E-state index contributed by atoms with van der Waals surface area (Å²) in [4.78, 5) is 27.0. The Bertz CT molecular complexity index is 942. The molecule has 1 amide bonds. The van der Waals surface area contributed by atoms with Gasteiger partial charge in [0.1, 0.15) is 5.75 Å². The Morgan fingerprint density at radius 2 is 2.00 bits per heavy atom. The molecular formula is C17H12ClN3O4S. The van der Waals surface area contributed by atoms with Gasteiger partial charge in [-0.2, -0.15) is 0 Å². The highest BCUT2D eigenvalue weighted by molar-refractivity contribution is 8.18. The largest absolute Gasteiger partial charge is 0.497 e. The van der Waals surface area contributed by atoms with Crippen LogP contribution in [0.1, 0.15) is 5.56 Å². The molecule has 1 heterocycles. The molecule has 1 saturated heterocycles. The fraction of sp³-hybridized carbons (Fsp3) is 0.0588. The highest BCUT2D eigenvalue weighted by atomic mass is 35.5. The van der Waals surface area contributed by atoms with Crippen LogP contribution in [0.3, 0.4) is 0 Å². The maximum absolute atomic E-state index is 12.1. The van der Waals surface area contributed by atoms with Gasteiger partial charge in [-0.25, -0.2) is 4.99 Å². The molecule has 0 radical (unpaired) electrons. The average molecular weight is 390 g/mol. The number of carbonyl (C=O) groups is 1. The molecule has 9 heteroatoms. The van der Waals surface area contributed by atoms with Gasteiger partial charge in [0.05, 0.1) is 27.6 Å². The molecule has 0 aromatic heterocycles. The Labute approximate surface area is 157 Å². The zero-order chi connectivity index (χ0) is 18.7. The van der Waals surface area contributed by atoms with Crippen LogP contribution < -0.4 is 10.1 Å². The Kier molecular flexibility index (Phi) is 5.24. The number of hydrogen-bond donors (Lipinski definition) is 1. The number of nitro benzene ring substituents is 1. The zero-order valence-electron chi connectivity index (χ0n) is 13.4. The van der Waals surface area contributed by atoms with Crippen molar-refractivity contribution in [2.45, 2.75) is 0 Å². The second kappa shape index (κ2) is 7.59. The fourth-order valence-electron chi connectivity index (χ4n) is 2.14. The third-order valence-corrected chi connectivity index (χ3v) is 4.64. The first-order valence-electron chi connectivity index (χ1n) is 7.34. The molecule has 0 unspecified atom stereocenters. The maximum atomic E-state index is 12.1. The standard InChI is InChI=1S/C17H12ClN3O4S/c1-25-12-5-2-10(3-6-12)8-15-16(22)20-17(26-15)19-14-7-4-11(21(23)24)9-13(14)18/h2-9H,1H3,(H,19,20,22)/b15-8+.